The van der Waals surface area contributed by atoms with E-state index >= 15 is 0 Å². The van der Waals surface area contributed by atoms with Gasteiger partial charge < -0.3 is 18.9 Å². The molecule has 0 radical (unpaired) electrons. The topological polar surface area (TPSA) is 71.1 Å². The normalized spacial score (nSPS) is 12.3. The summed E-state index contributed by atoms with van der Waals surface area (Å²) in [6.45, 7) is 2.07. The second-order valence-electron chi connectivity index (χ2n) is 3.85. The fourth-order valence-corrected chi connectivity index (χ4v) is 1.78. The van der Waals surface area contributed by atoms with Crippen LogP contribution in [0.25, 0.3) is 0 Å². The molecule has 1 aromatic carbocycles. The summed E-state index contributed by atoms with van der Waals surface area (Å²) < 4.78 is 20.1. The SMILES string of the molecule is CCOC(=O)C(=O)c1cc2c(cc1COC)OCO2. The second-order valence-corrected chi connectivity index (χ2v) is 3.85. The van der Waals surface area contributed by atoms with Gasteiger partial charge in [-0.25, -0.2) is 4.79 Å². The Morgan fingerprint density at radius 2 is 1.95 bits per heavy atom. The third kappa shape index (κ3) is 2.68. The lowest BCUT2D eigenvalue weighted by Crippen LogP contribution is -2.19. The number of esters is 1. The van der Waals surface area contributed by atoms with Gasteiger partial charge in [-0.05, 0) is 24.6 Å². The Labute approximate surface area is 110 Å². The van der Waals surface area contributed by atoms with Gasteiger partial charge in [0.15, 0.2) is 11.5 Å². The quantitative estimate of drug-likeness (QED) is 0.454. The molecule has 1 heterocycles. The van der Waals surface area contributed by atoms with Crippen molar-refractivity contribution in [1.82, 2.24) is 0 Å². The van der Waals surface area contributed by atoms with Crippen molar-refractivity contribution in [1.29, 1.82) is 0 Å². The molecule has 1 aliphatic heterocycles. The molecule has 102 valence electrons. The maximum atomic E-state index is 12.0. The largest absolute Gasteiger partial charge is 0.460 e. The van der Waals surface area contributed by atoms with Gasteiger partial charge in [-0.2, -0.15) is 0 Å². The second kappa shape index (κ2) is 5.71. The molecule has 2 rings (SSSR count). The van der Waals surface area contributed by atoms with Gasteiger partial charge in [-0.1, -0.05) is 0 Å². The smallest absolute Gasteiger partial charge is 0.379 e. The van der Waals surface area contributed by atoms with E-state index in [1.807, 2.05) is 0 Å². The minimum absolute atomic E-state index is 0.0960. The predicted molar refractivity (Wildman–Crippen MR) is 64.2 cm³/mol. The number of Topliss-reactive ketones (excluding diaryl/α,β-unsaturated/α-hetero) is 1. The first-order chi connectivity index (χ1) is 9.17. The molecule has 19 heavy (non-hydrogen) atoms. The van der Waals surface area contributed by atoms with Crippen LogP contribution >= 0.6 is 0 Å². The fraction of sp³-hybridized carbons (Fsp3) is 0.385. The van der Waals surface area contributed by atoms with E-state index in [4.69, 9.17) is 18.9 Å². The van der Waals surface area contributed by atoms with Crippen LogP contribution in [0.4, 0.5) is 0 Å². The average Bonchev–Trinajstić information content (AvgIpc) is 2.84. The highest BCUT2D eigenvalue weighted by atomic mass is 16.7. The lowest BCUT2D eigenvalue weighted by Gasteiger charge is -2.09. The van der Waals surface area contributed by atoms with Crippen molar-refractivity contribution in [2.45, 2.75) is 13.5 Å². The minimum atomic E-state index is -0.890. The lowest BCUT2D eigenvalue weighted by molar-refractivity contribution is -0.137. The molecule has 0 saturated carbocycles. The molecule has 0 spiro atoms. The Hall–Kier alpha value is -2.08. The summed E-state index contributed by atoms with van der Waals surface area (Å²) in [6, 6.07) is 3.12. The first-order valence-corrected chi connectivity index (χ1v) is 5.80. The van der Waals surface area contributed by atoms with Crippen LogP contribution in [-0.4, -0.2) is 32.3 Å². The molecule has 0 bridgehead atoms. The standard InChI is InChI=1S/C13H14O6/c1-3-17-13(15)12(14)9-5-11-10(18-7-19-11)4-8(9)6-16-2/h4-5H,3,6-7H2,1-2H3. The van der Waals surface area contributed by atoms with Crippen molar-refractivity contribution in [2.24, 2.45) is 0 Å². The van der Waals surface area contributed by atoms with Gasteiger partial charge in [0, 0.05) is 12.7 Å². The first kappa shape index (κ1) is 13.4. The zero-order valence-electron chi connectivity index (χ0n) is 10.7. The molecule has 6 nitrogen and oxygen atoms in total. The van der Waals surface area contributed by atoms with E-state index in [0.717, 1.165) is 0 Å². The van der Waals surface area contributed by atoms with Crippen molar-refractivity contribution in [2.75, 3.05) is 20.5 Å². The van der Waals surface area contributed by atoms with Gasteiger partial charge >= 0.3 is 5.97 Å². The summed E-state index contributed by atoms with van der Waals surface area (Å²) in [6.07, 6.45) is 0. The summed E-state index contributed by atoms with van der Waals surface area (Å²) in [5, 5.41) is 0. The van der Waals surface area contributed by atoms with E-state index in [1.165, 1.54) is 13.2 Å². The third-order valence-electron chi connectivity index (χ3n) is 2.60. The van der Waals surface area contributed by atoms with E-state index in [2.05, 4.69) is 0 Å². The molecule has 0 amide bonds. The van der Waals surface area contributed by atoms with E-state index in [0.29, 0.717) is 17.1 Å². The highest BCUT2D eigenvalue weighted by Crippen LogP contribution is 2.35. The summed E-state index contributed by atoms with van der Waals surface area (Å²) in [7, 11) is 1.50. The minimum Gasteiger partial charge on any atom is -0.460 e. The molecule has 0 fully saturated rings. The van der Waals surface area contributed by atoms with Crippen molar-refractivity contribution in [3.05, 3.63) is 23.3 Å². The Bertz CT molecular complexity index is 508. The Morgan fingerprint density at radius 1 is 1.26 bits per heavy atom. The van der Waals surface area contributed by atoms with Gasteiger partial charge in [-0.15, -0.1) is 0 Å². The third-order valence-corrected chi connectivity index (χ3v) is 2.60. The van der Waals surface area contributed by atoms with Gasteiger partial charge in [0.25, 0.3) is 5.78 Å². The van der Waals surface area contributed by atoms with Crippen molar-refractivity contribution < 1.29 is 28.5 Å². The van der Waals surface area contributed by atoms with Gasteiger partial charge in [0.2, 0.25) is 6.79 Å². The van der Waals surface area contributed by atoms with Gasteiger partial charge in [0.05, 0.1) is 13.2 Å². The molecule has 1 aliphatic rings. The number of carbonyl (C=O) groups excluding carboxylic acids is 2. The van der Waals surface area contributed by atoms with Crippen LogP contribution in [0.3, 0.4) is 0 Å². The number of hydrogen-bond acceptors (Lipinski definition) is 6. The van der Waals surface area contributed by atoms with Gasteiger partial charge in [0.1, 0.15) is 0 Å². The Kier molecular flexibility index (Phi) is 4.01. The maximum Gasteiger partial charge on any atom is 0.379 e. The van der Waals surface area contributed by atoms with Crippen LogP contribution < -0.4 is 9.47 Å². The van der Waals surface area contributed by atoms with E-state index < -0.39 is 11.8 Å². The summed E-state index contributed by atoms with van der Waals surface area (Å²) >= 11 is 0. The first-order valence-electron chi connectivity index (χ1n) is 5.80. The molecule has 0 saturated heterocycles. The number of ketones is 1. The summed E-state index contributed by atoms with van der Waals surface area (Å²) in [5.41, 5.74) is 0.773. The predicted octanol–water partition coefficient (Wildman–Crippen LogP) is 1.31. The lowest BCUT2D eigenvalue weighted by atomic mass is 10.0. The number of rotatable bonds is 5. The van der Waals surface area contributed by atoms with Crippen molar-refractivity contribution in [3.63, 3.8) is 0 Å². The molecule has 1 aromatic rings. The number of carbonyl (C=O) groups is 2. The molecule has 6 heteroatoms. The van der Waals surface area contributed by atoms with Gasteiger partial charge in [-0.3, -0.25) is 4.79 Å². The zero-order chi connectivity index (χ0) is 13.8. The van der Waals surface area contributed by atoms with E-state index in [-0.39, 0.29) is 25.6 Å². The van der Waals surface area contributed by atoms with Crippen LogP contribution in [0.1, 0.15) is 22.8 Å². The highest BCUT2D eigenvalue weighted by Gasteiger charge is 2.25. The van der Waals surface area contributed by atoms with Crippen LogP contribution in [-0.2, 0) is 20.9 Å². The number of fused-ring (bicyclic) bond motifs is 1. The number of methoxy groups -OCH3 is 1. The van der Waals surface area contributed by atoms with Crippen molar-refractivity contribution in [3.8, 4) is 11.5 Å². The number of benzene rings is 1. The highest BCUT2D eigenvalue weighted by molar-refractivity contribution is 6.41. The van der Waals surface area contributed by atoms with Crippen LogP contribution in [0, 0.1) is 0 Å². The zero-order valence-corrected chi connectivity index (χ0v) is 10.7. The molecule has 0 N–H and O–H groups in total. The number of hydrogen-bond donors (Lipinski definition) is 0. The summed E-state index contributed by atoms with van der Waals surface area (Å²) in [5.74, 6) is -0.633. The molecular weight excluding hydrogens is 252 g/mol. The van der Waals surface area contributed by atoms with E-state index in [1.54, 1.807) is 13.0 Å². The Morgan fingerprint density at radius 3 is 2.58 bits per heavy atom. The monoisotopic (exact) mass is 266 g/mol. The van der Waals surface area contributed by atoms with Crippen LogP contribution in [0.2, 0.25) is 0 Å². The molecule has 0 aromatic heterocycles. The molecular formula is C13H14O6. The molecule has 0 atom stereocenters. The molecule has 0 unspecified atom stereocenters. The molecule has 0 aliphatic carbocycles. The average molecular weight is 266 g/mol. The Balaban J connectivity index is 2.37. The number of ether oxygens (including phenoxy) is 4. The van der Waals surface area contributed by atoms with Crippen LogP contribution in [0.5, 0.6) is 11.5 Å². The van der Waals surface area contributed by atoms with Crippen LogP contribution in [0.15, 0.2) is 12.1 Å². The fourth-order valence-electron chi connectivity index (χ4n) is 1.78. The van der Waals surface area contributed by atoms with E-state index in [9.17, 15) is 9.59 Å². The van der Waals surface area contributed by atoms with Crippen molar-refractivity contribution >= 4 is 11.8 Å². The maximum absolute atomic E-state index is 12.0. The summed E-state index contributed by atoms with van der Waals surface area (Å²) in [4.78, 5) is 23.5.